The van der Waals surface area contributed by atoms with Crippen LogP contribution in [0.3, 0.4) is 0 Å². The Labute approximate surface area is 121 Å². The highest BCUT2D eigenvalue weighted by Crippen LogP contribution is 2.27. The third kappa shape index (κ3) is 2.91. The summed E-state index contributed by atoms with van der Waals surface area (Å²) < 4.78 is 15.6. The number of aromatic nitrogens is 2. The van der Waals surface area contributed by atoms with E-state index in [0.29, 0.717) is 17.0 Å². The highest BCUT2D eigenvalue weighted by molar-refractivity contribution is 6.31. The Morgan fingerprint density at radius 2 is 2.11 bits per heavy atom. The van der Waals surface area contributed by atoms with Gasteiger partial charge in [-0.15, -0.1) is 0 Å². The molecule has 1 atom stereocenters. The van der Waals surface area contributed by atoms with E-state index in [4.69, 9.17) is 23.2 Å². The molecule has 0 radical (unpaired) electrons. The second-order valence-electron chi connectivity index (χ2n) is 4.26. The summed E-state index contributed by atoms with van der Waals surface area (Å²) in [6, 6.07) is 4.85. The number of hydrogen-bond acceptors (Lipinski definition) is 2. The number of benzene rings is 1. The van der Waals surface area contributed by atoms with Crippen molar-refractivity contribution in [1.82, 2.24) is 15.1 Å². The molecule has 19 heavy (non-hydrogen) atoms. The zero-order valence-corrected chi connectivity index (χ0v) is 12.1. The van der Waals surface area contributed by atoms with Crippen molar-refractivity contribution in [2.24, 2.45) is 7.05 Å². The maximum Gasteiger partial charge on any atom is 0.145 e. The van der Waals surface area contributed by atoms with Crippen molar-refractivity contribution in [3.8, 4) is 0 Å². The van der Waals surface area contributed by atoms with E-state index < -0.39 is 0 Å². The van der Waals surface area contributed by atoms with Crippen molar-refractivity contribution in [3.63, 3.8) is 0 Å². The normalized spacial score (nSPS) is 12.7. The first-order valence-electron chi connectivity index (χ1n) is 5.82. The highest BCUT2D eigenvalue weighted by atomic mass is 35.5. The predicted octanol–water partition coefficient (Wildman–Crippen LogP) is 3.37. The van der Waals surface area contributed by atoms with Crippen molar-refractivity contribution >= 4 is 23.2 Å². The van der Waals surface area contributed by atoms with E-state index in [2.05, 4.69) is 10.4 Å². The number of aryl methyl sites for hydroxylation is 1. The molecular weight excluding hydrogens is 288 g/mol. The number of nitrogens with one attached hydrogen (secondary N) is 1. The van der Waals surface area contributed by atoms with Crippen LogP contribution in [0.15, 0.2) is 24.4 Å². The average Bonchev–Trinajstić information content (AvgIpc) is 2.72. The van der Waals surface area contributed by atoms with Gasteiger partial charge in [-0.25, -0.2) is 4.39 Å². The van der Waals surface area contributed by atoms with E-state index >= 15 is 0 Å². The van der Waals surface area contributed by atoms with Crippen molar-refractivity contribution in [2.75, 3.05) is 7.05 Å². The topological polar surface area (TPSA) is 29.9 Å². The molecule has 0 aliphatic rings. The molecule has 0 saturated heterocycles. The van der Waals surface area contributed by atoms with Crippen LogP contribution < -0.4 is 5.32 Å². The van der Waals surface area contributed by atoms with Gasteiger partial charge in [0.2, 0.25) is 0 Å². The predicted molar refractivity (Wildman–Crippen MR) is 75.1 cm³/mol. The van der Waals surface area contributed by atoms with E-state index in [1.165, 1.54) is 6.07 Å². The summed E-state index contributed by atoms with van der Waals surface area (Å²) in [7, 11) is 3.61. The summed E-state index contributed by atoms with van der Waals surface area (Å²) in [5, 5.41) is 7.91. The maximum absolute atomic E-state index is 13.9. The summed E-state index contributed by atoms with van der Waals surface area (Å²) >= 11 is 11.9. The van der Waals surface area contributed by atoms with Gasteiger partial charge in [0.1, 0.15) is 5.82 Å². The molecule has 1 heterocycles. The molecule has 0 fully saturated rings. The van der Waals surface area contributed by atoms with Crippen LogP contribution in [0.25, 0.3) is 0 Å². The first kappa shape index (κ1) is 14.3. The van der Waals surface area contributed by atoms with Gasteiger partial charge in [0.05, 0.1) is 28.0 Å². The van der Waals surface area contributed by atoms with E-state index in [-0.39, 0.29) is 16.9 Å². The van der Waals surface area contributed by atoms with Gasteiger partial charge < -0.3 is 5.32 Å². The lowest BCUT2D eigenvalue weighted by atomic mass is 10.0. The molecule has 0 saturated carbocycles. The number of rotatable bonds is 4. The number of likely N-dealkylation sites (N-methyl/N-ethyl adjacent to an activating group) is 1. The quantitative estimate of drug-likeness (QED) is 0.938. The van der Waals surface area contributed by atoms with Crippen molar-refractivity contribution < 1.29 is 4.39 Å². The van der Waals surface area contributed by atoms with Crippen LogP contribution >= 0.6 is 23.2 Å². The largest absolute Gasteiger partial charge is 0.311 e. The number of hydrogen-bond donors (Lipinski definition) is 1. The van der Waals surface area contributed by atoms with Crippen LogP contribution in [0, 0.1) is 5.82 Å². The minimum atomic E-state index is -0.386. The molecule has 0 aliphatic heterocycles. The van der Waals surface area contributed by atoms with Crippen LogP contribution in [-0.2, 0) is 13.5 Å². The fourth-order valence-electron chi connectivity index (χ4n) is 2.07. The Balaban J connectivity index is 2.32. The van der Waals surface area contributed by atoms with E-state index in [9.17, 15) is 4.39 Å². The third-order valence-electron chi connectivity index (χ3n) is 3.07. The molecule has 0 aliphatic carbocycles. The molecule has 1 aromatic carbocycles. The second kappa shape index (κ2) is 5.90. The van der Waals surface area contributed by atoms with Gasteiger partial charge in [-0.3, -0.25) is 4.68 Å². The van der Waals surface area contributed by atoms with Gasteiger partial charge in [0, 0.05) is 7.05 Å². The monoisotopic (exact) mass is 301 g/mol. The summed E-state index contributed by atoms with van der Waals surface area (Å²) in [4.78, 5) is 0. The minimum absolute atomic E-state index is 0.128. The van der Waals surface area contributed by atoms with Crippen LogP contribution in [0.5, 0.6) is 0 Å². The molecule has 0 amide bonds. The van der Waals surface area contributed by atoms with Gasteiger partial charge in [-0.05, 0) is 25.1 Å². The molecular formula is C13H14Cl2FN3. The molecule has 1 unspecified atom stereocenters. The molecule has 2 aromatic rings. The van der Waals surface area contributed by atoms with Gasteiger partial charge in [0.15, 0.2) is 0 Å². The lowest BCUT2D eigenvalue weighted by Crippen LogP contribution is -2.22. The molecule has 0 bridgehead atoms. The zero-order valence-electron chi connectivity index (χ0n) is 10.6. The molecule has 0 spiro atoms. The van der Waals surface area contributed by atoms with Crippen molar-refractivity contribution in [3.05, 3.63) is 51.5 Å². The molecule has 1 aromatic heterocycles. The Morgan fingerprint density at radius 1 is 1.37 bits per heavy atom. The van der Waals surface area contributed by atoms with Crippen molar-refractivity contribution in [1.29, 1.82) is 0 Å². The second-order valence-corrected chi connectivity index (χ2v) is 5.07. The maximum atomic E-state index is 13.9. The van der Waals surface area contributed by atoms with E-state index in [1.54, 1.807) is 37.1 Å². The lowest BCUT2D eigenvalue weighted by molar-refractivity contribution is 0.520. The fourth-order valence-corrected chi connectivity index (χ4v) is 2.57. The average molecular weight is 302 g/mol. The Kier molecular flexibility index (Phi) is 4.45. The van der Waals surface area contributed by atoms with Crippen LogP contribution in [0.1, 0.15) is 17.3 Å². The molecule has 1 N–H and O–H groups in total. The Hall–Kier alpha value is -1.10. The minimum Gasteiger partial charge on any atom is -0.311 e. The van der Waals surface area contributed by atoms with E-state index in [1.807, 2.05) is 0 Å². The number of nitrogens with zero attached hydrogens (tertiary/aromatic N) is 2. The zero-order chi connectivity index (χ0) is 14.0. The Bertz CT molecular complexity index is 564. The summed E-state index contributed by atoms with van der Waals surface area (Å²) in [5.74, 6) is -0.386. The molecule has 6 heteroatoms. The standard InChI is InChI=1S/C13H14Cl2FN3/c1-17-11(13-10(15)7-18-19(13)2)6-8-4-3-5-9(14)12(8)16/h3-5,7,11,17H,6H2,1-2H3. The van der Waals surface area contributed by atoms with Gasteiger partial charge in [-0.1, -0.05) is 35.3 Å². The van der Waals surface area contributed by atoms with Crippen molar-refractivity contribution in [2.45, 2.75) is 12.5 Å². The summed E-state index contributed by atoms with van der Waals surface area (Å²) in [6.07, 6.45) is 2.03. The smallest absolute Gasteiger partial charge is 0.145 e. The summed E-state index contributed by atoms with van der Waals surface area (Å²) in [5.41, 5.74) is 1.37. The fraction of sp³-hybridized carbons (Fsp3) is 0.308. The third-order valence-corrected chi connectivity index (χ3v) is 3.65. The highest BCUT2D eigenvalue weighted by Gasteiger charge is 2.20. The summed E-state index contributed by atoms with van der Waals surface area (Å²) in [6.45, 7) is 0. The molecule has 102 valence electrons. The van der Waals surface area contributed by atoms with Crippen LogP contribution in [0.4, 0.5) is 4.39 Å². The van der Waals surface area contributed by atoms with Gasteiger partial charge in [-0.2, -0.15) is 5.10 Å². The lowest BCUT2D eigenvalue weighted by Gasteiger charge is -2.18. The molecule has 3 nitrogen and oxygen atoms in total. The number of halogens is 3. The van der Waals surface area contributed by atoms with Crippen LogP contribution in [-0.4, -0.2) is 16.8 Å². The first-order valence-corrected chi connectivity index (χ1v) is 6.57. The van der Waals surface area contributed by atoms with Gasteiger partial charge >= 0.3 is 0 Å². The Morgan fingerprint density at radius 3 is 2.68 bits per heavy atom. The van der Waals surface area contributed by atoms with Gasteiger partial charge in [0.25, 0.3) is 0 Å². The van der Waals surface area contributed by atoms with Crippen LogP contribution in [0.2, 0.25) is 10.0 Å². The SMILES string of the molecule is CNC(Cc1cccc(Cl)c1F)c1c(Cl)cnn1C. The molecule has 2 rings (SSSR count). The van der Waals surface area contributed by atoms with E-state index in [0.717, 1.165) is 5.69 Å². The first-order chi connectivity index (χ1) is 9.04.